The predicted molar refractivity (Wildman–Crippen MR) is 205 cm³/mol. The van der Waals surface area contributed by atoms with Crippen molar-refractivity contribution in [2.45, 2.75) is 0 Å². The quantitative estimate of drug-likeness (QED) is 0.192. The van der Waals surface area contributed by atoms with E-state index in [9.17, 15) is 0 Å². The van der Waals surface area contributed by atoms with E-state index in [1.165, 1.54) is 36.3 Å². The van der Waals surface area contributed by atoms with E-state index in [0.29, 0.717) is 5.82 Å². The molecular formula is C44H25N3OS. The second-order valence-corrected chi connectivity index (χ2v) is 13.6. The smallest absolute Gasteiger partial charge is 0.160 e. The van der Waals surface area contributed by atoms with Crippen LogP contribution >= 0.6 is 11.3 Å². The molecule has 0 aliphatic rings. The maximum absolute atomic E-state index is 6.89. The number of furan rings is 1. The molecule has 0 amide bonds. The van der Waals surface area contributed by atoms with Gasteiger partial charge in [-0.1, -0.05) is 115 Å². The van der Waals surface area contributed by atoms with Crippen LogP contribution in [0, 0.1) is 0 Å². The van der Waals surface area contributed by atoms with Crippen LogP contribution in [-0.2, 0) is 0 Å². The molecule has 4 aromatic heterocycles. The van der Waals surface area contributed by atoms with Crippen molar-refractivity contribution in [1.29, 1.82) is 0 Å². The SMILES string of the molecule is c1ccc(-c2nc(-c3ccccc3)c3cc(-n4c5ccccc5c5c6sc7ccccc7c6c6c7ccccc7oc6c54)ccc3n2)cc1. The average Bonchev–Trinajstić information content (AvgIpc) is 3.85. The Balaban J connectivity index is 1.31. The molecule has 0 bridgehead atoms. The van der Waals surface area contributed by atoms with Crippen molar-refractivity contribution in [2.24, 2.45) is 0 Å². The summed E-state index contributed by atoms with van der Waals surface area (Å²) in [7, 11) is 0. The second kappa shape index (κ2) is 10.1. The lowest BCUT2D eigenvalue weighted by Crippen LogP contribution is -1.98. The van der Waals surface area contributed by atoms with Gasteiger partial charge in [0.1, 0.15) is 5.58 Å². The van der Waals surface area contributed by atoms with Crippen LogP contribution in [0.3, 0.4) is 0 Å². The minimum Gasteiger partial charge on any atom is -0.454 e. The minimum absolute atomic E-state index is 0.715. The molecule has 0 unspecified atom stereocenters. The summed E-state index contributed by atoms with van der Waals surface area (Å²) in [6, 6.07) is 53.1. The molecule has 228 valence electrons. The van der Waals surface area contributed by atoms with Crippen LogP contribution in [-0.4, -0.2) is 14.5 Å². The summed E-state index contributed by atoms with van der Waals surface area (Å²) in [5.41, 5.74) is 8.90. The molecule has 49 heavy (non-hydrogen) atoms. The maximum Gasteiger partial charge on any atom is 0.160 e. The summed E-state index contributed by atoms with van der Waals surface area (Å²) in [6.45, 7) is 0. The summed E-state index contributed by atoms with van der Waals surface area (Å²) in [6.07, 6.45) is 0. The molecule has 0 saturated carbocycles. The van der Waals surface area contributed by atoms with Crippen molar-refractivity contribution >= 4 is 86.2 Å². The van der Waals surface area contributed by atoms with E-state index >= 15 is 0 Å². The first-order valence-electron chi connectivity index (χ1n) is 16.4. The Labute approximate surface area is 284 Å². The van der Waals surface area contributed by atoms with Gasteiger partial charge in [0.15, 0.2) is 11.4 Å². The zero-order valence-corrected chi connectivity index (χ0v) is 26.9. The Morgan fingerprint density at radius 3 is 2.06 bits per heavy atom. The van der Waals surface area contributed by atoms with Gasteiger partial charge in [-0.05, 0) is 36.4 Å². The third-order valence-electron chi connectivity index (χ3n) is 9.77. The van der Waals surface area contributed by atoms with Crippen LogP contribution in [0.2, 0.25) is 0 Å². The van der Waals surface area contributed by atoms with E-state index in [1.54, 1.807) is 0 Å². The molecule has 0 radical (unpaired) electrons. The van der Waals surface area contributed by atoms with Gasteiger partial charge in [-0.2, -0.15) is 0 Å². The maximum atomic E-state index is 6.89. The Bertz CT molecular complexity index is 3100. The van der Waals surface area contributed by atoms with E-state index in [-0.39, 0.29) is 0 Å². The summed E-state index contributed by atoms with van der Waals surface area (Å²) in [5, 5.41) is 8.26. The van der Waals surface area contributed by atoms with Crippen molar-refractivity contribution < 1.29 is 4.42 Å². The Kier molecular flexibility index (Phi) is 5.51. The summed E-state index contributed by atoms with van der Waals surface area (Å²) in [4.78, 5) is 10.3. The molecule has 0 saturated heterocycles. The molecule has 4 heterocycles. The molecule has 11 aromatic rings. The number of fused-ring (bicyclic) bond motifs is 13. The van der Waals surface area contributed by atoms with Gasteiger partial charge in [-0.3, -0.25) is 0 Å². The van der Waals surface area contributed by atoms with Crippen LogP contribution in [0.4, 0.5) is 0 Å². The zero-order valence-electron chi connectivity index (χ0n) is 26.1. The highest BCUT2D eigenvalue weighted by Crippen LogP contribution is 2.50. The molecule has 5 heteroatoms. The van der Waals surface area contributed by atoms with Gasteiger partial charge in [-0.25, -0.2) is 9.97 Å². The molecule has 0 aliphatic heterocycles. The largest absolute Gasteiger partial charge is 0.454 e. The molecule has 4 nitrogen and oxygen atoms in total. The highest BCUT2D eigenvalue weighted by Gasteiger charge is 2.25. The van der Waals surface area contributed by atoms with Crippen LogP contribution in [0.1, 0.15) is 0 Å². The number of hydrogen-bond donors (Lipinski definition) is 0. The molecule has 0 aliphatic carbocycles. The Morgan fingerprint density at radius 2 is 1.22 bits per heavy atom. The van der Waals surface area contributed by atoms with E-state index < -0.39 is 0 Å². The number of rotatable bonds is 3. The second-order valence-electron chi connectivity index (χ2n) is 12.5. The molecule has 0 fully saturated rings. The third kappa shape index (κ3) is 3.79. The monoisotopic (exact) mass is 643 g/mol. The number of aromatic nitrogens is 3. The number of para-hydroxylation sites is 2. The van der Waals surface area contributed by atoms with Crippen LogP contribution in [0.25, 0.3) is 103 Å². The standard InChI is InChI=1S/C44H25N3OS/c1-3-13-26(14-4-1)40-32-25-28(23-24-33(32)45-44(46-40)27-15-5-2-6-16-27)47-34-20-10-7-17-29(34)39-41(47)42-37(30-18-8-11-21-35(30)48-42)38-31-19-9-12-22-36(31)49-43(38)39/h1-25H. The van der Waals surface area contributed by atoms with Gasteiger partial charge in [0, 0.05) is 63.9 Å². The van der Waals surface area contributed by atoms with Crippen molar-refractivity contribution in [2.75, 3.05) is 0 Å². The summed E-state index contributed by atoms with van der Waals surface area (Å²) in [5.74, 6) is 0.715. The van der Waals surface area contributed by atoms with Gasteiger partial charge in [0.05, 0.1) is 22.2 Å². The zero-order chi connectivity index (χ0) is 32.1. The molecule has 0 N–H and O–H groups in total. The Morgan fingerprint density at radius 1 is 0.531 bits per heavy atom. The van der Waals surface area contributed by atoms with Gasteiger partial charge >= 0.3 is 0 Å². The first-order valence-corrected chi connectivity index (χ1v) is 17.2. The predicted octanol–water partition coefficient (Wildman–Crippen LogP) is 12.3. The molecule has 11 rings (SSSR count). The van der Waals surface area contributed by atoms with Gasteiger partial charge in [0.2, 0.25) is 0 Å². The summed E-state index contributed by atoms with van der Waals surface area (Å²) < 4.78 is 11.8. The topological polar surface area (TPSA) is 43.9 Å². The van der Waals surface area contributed by atoms with Crippen LogP contribution in [0.5, 0.6) is 0 Å². The summed E-state index contributed by atoms with van der Waals surface area (Å²) >= 11 is 1.87. The minimum atomic E-state index is 0.715. The fourth-order valence-corrected chi connectivity index (χ4v) is 8.94. The highest BCUT2D eigenvalue weighted by molar-refractivity contribution is 7.27. The molecule has 7 aromatic carbocycles. The number of nitrogens with zero attached hydrogens (tertiary/aromatic N) is 3. The van der Waals surface area contributed by atoms with Crippen molar-refractivity contribution in [3.8, 4) is 28.3 Å². The number of hydrogen-bond acceptors (Lipinski definition) is 4. The van der Waals surface area contributed by atoms with Crippen molar-refractivity contribution in [3.05, 3.63) is 152 Å². The van der Waals surface area contributed by atoms with E-state index in [4.69, 9.17) is 14.4 Å². The van der Waals surface area contributed by atoms with Gasteiger partial charge < -0.3 is 8.98 Å². The lowest BCUT2D eigenvalue weighted by molar-refractivity contribution is 0.671. The normalized spacial score (nSPS) is 12.1. The van der Waals surface area contributed by atoms with E-state index in [0.717, 1.165) is 61.0 Å². The number of thiophene rings is 1. The Hall–Kier alpha value is -6.30. The van der Waals surface area contributed by atoms with Crippen molar-refractivity contribution in [3.63, 3.8) is 0 Å². The van der Waals surface area contributed by atoms with E-state index in [2.05, 4.69) is 132 Å². The highest BCUT2D eigenvalue weighted by atomic mass is 32.1. The van der Waals surface area contributed by atoms with Gasteiger partial charge in [0.25, 0.3) is 0 Å². The van der Waals surface area contributed by atoms with Gasteiger partial charge in [-0.15, -0.1) is 11.3 Å². The van der Waals surface area contributed by atoms with Crippen molar-refractivity contribution in [1.82, 2.24) is 14.5 Å². The lowest BCUT2D eigenvalue weighted by Gasteiger charge is -2.13. The molecular weight excluding hydrogens is 619 g/mol. The first-order chi connectivity index (χ1) is 24.3. The van der Waals surface area contributed by atoms with Crippen LogP contribution < -0.4 is 0 Å². The van der Waals surface area contributed by atoms with Crippen LogP contribution in [0.15, 0.2) is 156 Å². The third-order valence-corrected chi connectivity index (χ3v) is 11.0. The molecule has 0 spiro atoms. The molecule has 0 atom stereocenters. The fourth-order valence-electron chi connectivity index (χ4n) is 7.67. The average molecular weight is 644 g/mol. The lowest BCUT2D eigenvalue weighted by atomic mass is 10.0. The first kappa shape index (κ1) is 26.7. The fraction of sp³-hybridized carbons (Fsp3) is 0. The van der Waals surface area contributed by atoms with E-state index in [1.807, 2.05) is 35.6 Å². The number of benzene rings is 7.